The summed E-state index contributed by atoms with van der Waals surface area (Å²) in [5.74, 6) is -1.58. The van der Waals surface area contributed by atoms with Gasteiger partial charge in [-0.05, 0) is 34.1 Å². The first kappa shape index (κ1) is 17.4. The highest BCUT2D eigenvalue weighted by molar-refractivity contribution is 6.36. The van der Waals surface area contributed by atoms with Crippen LogP contribution in [-0.4, -0.2) is 29.9 Å². The van der Waals surface area contributed by atoms with Gasteiger partial charge in [-0.1, -0.05) is 13.0 Å². The standard InChI is InChI=1S/C14H23NO4/c1-6-10(8-9-11(16)18-7-2)12(15)13(17)19-14(3,4)5/h8-10,15H,6-7H2,1-5H3/t10-/m0/s1. The van der Waals surface area contributed by atoms with E-state index in [2.05, 4.69) is 0 Å². The molecule has 19 heavy (non-hydrogen) atoms. The van der Waals surface area contributed by atoms with Gasteiger partial charge in [0.25, 0.3) is 0 Å². The van der Waals surface area contributed by atoms with E-state index in [0.717, 1.165) is 0 Å². The highest BCUT2D eigenvalue weighted by Crippen LogP contribution is 2.13. The van der Waals surface area contributed by atoms with Gasteiger partial charge < -0.3 is 9.47 Å². The minimum atomic E-state index is -0.659. The van der Waals surface area contributed by atoms with Crippen molar-refractivity contribution in [3.63, 3.8) is 0 Å². The third kappa shape index (κ3) is 7.39. The Bertz CT molecular complexity index is 366. The molecule has 0 aliphatic rings. The molecule has 0 rings (SSSR count). The summed E-state index contributed by atoms with van der Waals surface area (Å²) < 4.78 is 9.87. The number of esters is 2. The molecule has 1 N–H and O–H groups in total. The van der Waals surface area contributed by atoms with Crippen LogP contribution in [0.25, 0.3) is 0 Å². The maximum absolute atomic E-state index is 11.7. The van der Waals surface area contributed by atoms with E-state index in [9.17, 15) is 9.59 Å². The quantitative estimate of drug-likeness (QED) is 0.456. The van der Waals surface area contributed by atoms with Crippen LogP contribution in [0.1, 0.15) is 41.0 Å². The van der Waals surface area contributed by atoms with E-state index in [1.807, 2.05) is 6.92 Å². The molecule has 0 saturated heterocycles. The summed E-state index contributed by atoms with van der Waals surface area (Å²) in [7, 11) is 0. The third-order valence-electron chi connectivity index (χ3n) is 2.18. The Balaban J connectivity index is 4.64. The topological polar surface area (TPSA) is 76.5 Å². The molecular weight excluding hydrogens is 246 g/mol. The van der Waals surface area contributed by atoms with Gasteiger partial charge in [0.1, 0.15) is 11.3 Å². The van der Waals surface area contributed by atoms with Gasteiger partial charge in [0, 0.05) is 12.0 Å². The van der Waals surface area contributed by atoms with Crippen LogP contribution < -0.4 is 0 Å². The first-order chi connectivity index (χ1) is 8.71. The van der Waals surface area contributed by atoms with E-state index in [0.29, 0.717) is 13.0 Å². The first-order valence-corrected chi connectivity index (χ1v) is 6.38. The fraction of sp³-hybridized carbons (Fsp3) is 0.643. The molecule has 0 aromatic rings. The minimum Gasteiger partial charge on any atom is -0.463 e. The summed E-state index contributed by atoms with van der Waals surface area (Å²) in [5.41, 5.74) is -0.787. The normalized spacial score (nSPS) is 13.1. The zero-order valence-corrected chi connectivity index (χ0v) is 12.3. The highest BCUT2D eigenvalue weighted by Gasteiger charge is 2.24. The van der Waals surface area contributed by atoms with E-state index in [-0.39, 0.29) is 5.71 Å². The van der Waals surface area contributed by atoms with Crippen LogP contribution in [0.3, 0.4) is 0 Å². The number of hydrogen-bond donors (Lipinski definition) is 1. The lowest BCUT2D eigenvalue weighted by Gasteiger charge is -2.21. The summed E-state index contributed by atoms with van der Waals surface area (Å²) in [6.07, 6.45) is 3.29. The van der Waals surface area contributed by atoms with Crippen molar-refractivity contribution in [3.8, 4) is 0 Å². The Morgan fingerprint density at radius 2 is 1.84 bits per heavy atom. The molecule has 5 heteroatoms. The SMILES string of the molecule is CCOC(=O)C=C[C@H](CC)C(=N)C(=O)OC(C)(C)C. The maximum atomic E-state index is 11.7. The Labute approximate surface area is 114 Å². The molecule has 0 bridgehead atoms. The molecule has 0 saturated carbocycles. The number of carbonyl (C=O) groups excluding carboxylic acids is 2. The second kappa shape index (κ2) is 7.71. The molecule has 0 aromatic heterocycles. The Morgan fingerprint density at radius 1 is 1.26 bits per heavy atom. The second-order valence-electron chi connectivity index (χ2n) is 5.04. The molecule has 1 atom stereocenters. The molecule has 0 amide bonds. The third-order valence-corrected chi connectivity index (χ3v) is 2.18. The zero-order chi connectivity index (χ0) is 15.1. The van der Waals surface area contributed by atoms with Crippen molar-refractivity contribution in [2.75, 3.05) is 6.61 Å². The Hall–Kier alpha value is -1.65. The first-order valence-electron chi connectivity index (χ1n) is 6.38. The van der Waals surface area contributed by atoms with Crippen molar-refractivity contribution in [2.45, 2.75) is 46.6 Å². The summed E-state index contributed by atoms with van der Waals surface area (Å²) in [6, 6.07) is 0. The zero-order valence-electron chi connectivity index (χ0n) is 12.3. The van der Waals surface area contributed by atoms with E-state index in [1.54, 1.807) is 27.7 Å². The lowest BCUT2D eigenvalue weighted by molar-refractivity contribution is -0.146. The van der Waals surface area contributed by atoms with Crippen LogP contribution in [0.5, 0.6) is 0 Å². The van der Waals surface area contributed by atoms with Crippen LogP contribution in [0, 0.1) is 11.3 Å². The van der Waals surface area contributed by atoms with E-state index >= 15 is 0 Å². The van der Waals surface area contributed by atoms with Crippen molar-refractivity contribution < 1.29 is 19.1 Å². The van der Waals surface area contributed by atoms with Crippen LogP contribution in [-0.2, 0) is 19.1 Å². The largest absolute Gasteiger partial charge is 0.463 e. The smallest absolute Gasteiger partial charge is 0.353 e. The summed E-state index contributed by atoms with van der Waals surface area (Å²) >= 11 is 0. The summed E-state index contributed by atoms with van der Waals surface area (Å²) in [6.45, 7) is 9.07. The van der Waals surface area contributed by atoms with Crippen molar-refractivity contribution in [2.24, 2.45) is 5.92 Å². The lowest BCUT2D eigenvalue weighted by atomic mass is 9.99. The van der Waals surface area contributed by atoms with Gasteiger partial charge in [0.2, 0.25) is 0 Å². The predicted molar refractivity (Wildman–Crippen MR) is 73.1 cm³/mol. The van der Waals surface area contributed by atoms with Crippen LogP contribution >= 0.6 is 0 Å². The average molecular weight is 269 g/mol. The van der Waals surface area contributed by atoms with Gasteiger partial charge in [-0.2, -0.15) is 0 Å². The molecular formula is C14H23NO4. The van der Waals surface area contributed by atoms with Gasteiger partial charge in [0.05, 0.1) is 6.61 Å². The van der Waals surface area contributed by atoms with Gasteiger partial charge in [-0.25, -0.2) is 9.59 Å². The molecule has 0 spiro atoms. The second-order valence-corrected chi connectivity index (χ2v) is 5.04. The molecule has 0 unspecified atom stereocenters. The van der Waals surface area contributed by atoms with Gasteiger partial charge in [0.15, 0.2) is 0 Å². The minimum absolute atomic E-state index is 0.155. The van der Waals surface area contributed by atoms with Crippen LogP contribution in [0.2, 0.25) is 0 Å². The molecule has 0 aliphatic carbocycles. The number of rotatable bonds is 6. The number of nitrogens with one attached hydrogen (secondary N) is 1. The molecule has 0 aliphatic heterocycles. The summed E-state index contributed by atoms with van der Waals surface area (Å²) in [5, 5.41) is 7.80. The maximum Gasteiger partial charge on any atom is 0.353 e. The van der Waals surface area contributed by atoms with E-state index in [1.165, 1.54) is 12.2 Å². The molecule has 0 heterocycles. The van der Waals surface area contributed by atoms with Crippen molar-refractivity contribution in [3.05, 3.63) is 12.2 Å². The van der Waals surface area contributed by atoms with E-state index < -0.39 is 23.5 Å². The monoisotopic (exact) mass is 269 g/mol. The fourth-order valence-corrected chi connectivity index (χ4v) is 1.31. The highest BCUT2D eigenvalue weighted by atomic mass is 16.6. The number of ether oxygens (including phenoxy) is 2. The Kier molecular flexibility index (Phi) is 7.04. The number of carbonyl (C=O) groups is 2. The molecule has 0 aromatic carbocycles. The average Bonchev–Trinajstić information content (AvgIpc) is 2.27. The van der Waals surface area contributed by atoms with Gasteiger partial charge in [-0.15, -0.1) is 0 Å². The molecule has 5 nitrogen and oxygen atoms in total. The number of allylic oxidation sites excluding steroid dienone is 1. The van der Waals surface area contributed by atoms with Crippen molar-refractivity contribution >= 4 is 17.7 Å². The fourth-order valence-electron chi connectivity index (χ4n) is 1.31. The molecule has 0 fully saturated rings. The number of hydrogen-bond acceptors (Lipinski definition) is 5. The predicted octanol–water partition coefficient (Wildman–Crippen LogP) is 2.49. The summed E-state index contributed by atoms with van der Waals surface area (Å²) in [4.78, 5) is 22.9. The van der Waals surface area contributed by atoms with Gasteiger partial charge in [-0.3, -0.25) is 5.41 Å². The van der Waals surface area contributed by atoms with Crippen LogP contribution in [0.15, 0.2) is 12.2 Å². The van der Waals surface area contributed by atoms with Gasteiger partial charge >= 0.3 is 11.9 Å². The van der Waals surface area contributed by atoms with Crippen LogP contribution in [0.4, 0.5) is 0 Å². The molecule has 108 valence electrons. The van der Waals surface area contributed by atoms with Crippen molar-refractivity contribution in [1.82, 2.24) is 0 Å². The lowest BCUT2D eigenvalue weighted by Crippen LogP contribution is -2.31. The van der Waals surface area contributed by atoms with E-state index in [4.69, 9.17) is 14.9 Å². The van der Waals surface area contributed by atoms with Crippen molar-refractivity contribution in [1.29, 1.82) is 5.41 Å². The Morgan fingerprint density at radius 3 is 2.26 bits per heavy atom. The molecule has 0 radical (unpaired) electrons.